The fourth-order valence-corrected chi connectivity index (χ4v) is 2.18. The van der Waals surface area contributed by atoms with Crippen LogP contribution in [0.15, 0.2) is 30.3 Å². The lowest BCUT2D eigenvalue weighted by Gasteiger charge is -2.19. The van der Waals surface area contributed by atoms with Gasteiger partial charge in [-0.25, -0.2) is 0 Å². The molecule has 0 spiro atoms. The van der Waals surface area contributed by atoms with Gasteiger partial charge in [0.2, 0.25) is 0 Å². The summed E-state index contributed by atoms with van der Waals surface area (Å²) in [5.74, 6) is 0.329. The van der Waals surface area contributed by atoms with Crippen LogP contribution >= 0.6 is 0 Å². The van der Waals surface area contributed by atoms with E-state index in [4.69, 9.17) is 0 Å². The number of phenolic OH excluding ortho intramolecular Hbond substituents is 3. The van der Waals surface area contributed by atoms with Crippen molar-refractivity contribution < 1.29 is 15.3 Å². The molecule has 0 radical (unpaired) electrons. The molecule has 0 bridgehead atoms. The zero-order chi connectivity index (χ0) is 14.9. The van der Waals surface area contributed by atoms with Crippen molar-refractivity contribution in [3.63, 3.8) is 0 Å². The Balaban J connectivity index is 2.28. The smallest absolute Gasteiger partial charge is 0.123 e. The Kier molecular flexibility index (Phi) is 3.74. The quantitative estimate of drug-likeness (QED) is 0.689. The molecule has 0 saturated heterocycles. The molecule has 4 nitrogen and oxygen atoms in total. The van der Waals surface area contributed by atoms with Crippen molar-refractivity contribution in [3.05, 3.63) is 47.0 Å². The van der Waals surface area contributed by atoms with E-state index in [0.717, 1.165) is 22.4 Å². The lowest BCUT2D eigenvalue weighted by Crippen LogP contribution is -2.07. The molecule has 0 aromatic heterocycles. The Hall–Kier alpha value is -2.36. The molecule has 2 aromatic rings. The molecule has 2 rings (SSSR count). The van der Waals surface area contributed by atoms with Crippen LogP contribution in [0.25, 0.3) is 0 Å². The summed E-state index contributed by atoms with van der Waals surface area (Å²) in [6.07, 6.45) is 0. The van der Waals surface area contributed by atoms with E-state index in [1.54, 1.807) is 12.1 Å². The van der Waals surface area contributed by atoms with E-state index in [0.29, 0.717) is 0 Å². The van der Waals surface area contributed by atoms with Crippen LogP contribution < -0.4 is 5.32 Å². The normalized spacial score (nSPS) is 12.2. The van der Waals surface area contributed by atoms with E-state index < -0.39 is 0 Å². The van der Waals surface area contributed by atoms with Crippen LogP contribution in [0, 0.1) is 13.8 Å². The van der Waals surface area contributed by atoms with E-state index in [9.17, 15) is 15.3 Å². The highest BCUT2D eigenvalue weighted by Crippen LogP contribution is 2.32. The van der Waals surface area contributed by atoms with Crippen LogP contribution in [0.5, 0.6) is 17.2 Å². The number of benzene rings is 2. The first-order valence-corrected chi connectivity index (χ1v) is 6.47. The summed E-state index contributed by atoms with van der Waals surface area (Å²) in [5.41, 5.74) is 3.20. The summed E-state index contributed by atoms with van der Waals surface area (Å²) >= 11 is 0. The van der Waals surface area contributed by atoms with E-state index in [-0.39, 0.29) is 23.3 Å². The molecule has 106 valence electrons. The molecule has 0 heterocycles. The highest BCUT2D eigenvalue weighted by Gasteiger charge is 2.11. The van der Waals surface area contributed by atoms with Crippen molar-refractivity contribution in [1.82, 2.24) is 0 Å². The minimum atomic E-state index is -0.117. The SMILES string of the molecule is Cc1ccc(NC(C)c2cc(O)cc(O)c2)c(C)c1O. The number of nitrogens with one attached hydrogen (secondary N) is 1. The van der Waals surface area contributed by atoms with Crippen LogP contribution in [-0.2, 0) is 0 Å². The highest BCUT2D eigenvalue weighted by molar-refractivity contribution is 5.60. The third-order valence-corrected chi connectivity index (χ3v) is 3.43. The summed E-state index contributed by atoms with van der Waals surface area (Å²) in [6.45, 7) is 5.62. The van der Waals surface area contributed by atoms with E-state index >= 15 is 0 Å². The first-order chi connectivity index (χ1) is 9.38. The Morgan fingerprint density at radius 1 is 0.950 bits per heavy atom. The maximum atomic E-state index is 9.94. The molecular formula is C16H19NO3. The molecule has 0 amide bonds. The van der Waals surface area contributed by atoms with Gasteiger partial charge in [0, 0.05) is 23.4 Å². The van der Waals surface area contributed by atoms with Gasteiger partial charge in [-0.05, 0) is 50.1 Å². The standard InChI is InChI=1S/C16H19NO3/c1-9-4-5-15(10(2)16(9)20)17-11(3)12-6-13(18)8-14(19)7-12/h4-8,11,17-20H,1-3H3. The van der Waals surface area contributed by atoms with Crippen molar-refractivity contribution in [3.8, 4) is 17.2 Å². The number of anilines is 1. The molecule has 0 saturated carbocycles. The van der Waals surface area contributed by atoms with Crippen LogP contribution in [0.1, 0.15) is 29.7 Å². The van der Waals surface area contributed by atoms with Crippen molar-refractivity contribution >= 4 is 5.69 Å². The van der Waals surface area contributed by atoms with Gasteiger partial charge in [0.25, 0.3) is 0 Å². The number of aryl methyl sites for hydroxylation is 1. The summed E-state index contributed by atoms with van der Waals surface area (Å²) in [4.78, 5) is 0. The van der Waals surface area contributed by atoms with Gasteiger partial charge in [-0.1, -0.05) is 6.07 Å². The summed E-state index contributed by atoms with van der Waals surface area (Å²) in [5, 5.41) is 32.2. The van der Waals surface area contributed by atoms with Gasteiger partial charge < -0.3 is 20.6 Å². The molecule has 0 aliphatic carbocycles. The third-order valence-electron chi connectivity index (χ3n) is 3.43. The van der Waals surface area contributed by atoms with Gasteiger partial charge in [0.05, 0.1) is 0 Å². The van der Waals surface area contributed by atoms with Crippen molar-refractivity contribution in [2.45, 2.75) is 26.8 Å². The minimum absolute atomic E-state index is 0.0251. The second-order valence-corrected chi connectivity index (χ2v) is 5.05. The Morgan fingerprint density at radius 2 is 1.55 bits per heavy atom. The van der Waals surface area contributed by atoms with Gasteiger partial charge in [-0.3, -0.25) is 0 Å². The second kappa shape index (κ2) is 5.33. The van der Waals surface area contributed by atoms with E-state index in [2.05, 4.69) is 5.32 Å². The molecule has 4 heteroatoms. The monoisotopic (exact) mass is 273 g/mol. The molecule has 0 aliphatic heterocycles. The van der Waals surface area contributed by atoms with Crippen LogP contribution in [-0.4, -0.2) is 15.3 Å². The largest absolute Gasteiger partial charge is 0.508 e. The molecule has 0 fully saturated rings. The first-order valence-electron chi connectivity index (χ1n) is 6.47. The van der Waals surface area contributed by atoms with Crippen molar-refractivity contribution in [1.29, 1.82) is 0 Å². The molecule has 2 aromatic carbocycles. The fraction of sp³-hybridized carbons (Fsp3) is 0.250. The predicted molar refractivity (Wildman–Crippen MR) is 79.4 cm³/mol. The Morgan fingerprint density at radius 3 is 2.15 bits per heavy atom. The zero-order valence-electron chi connectivity index (χ0n) is 11.8. The van der Waals surface area contributed by atoms with E-state index in [1.165, 1.54) is 6.07 Å². The number of aromatic hydroxyl groups is 3. The van der Waals surface area contributed by atoms with Gasteiger partial charge in [0.15, 0.2) is 0 Å². The van der Waals surface area contributed by atoms with Crippen LogP contribution in [0.3, 0.4) is 0 Å². The topological polar surface area (TPSA) is 72.7 Å². The lowest BCUT2D eigenvalue weighted by atomic mass is 10.0. The second-order valence-electron chi connectivity index (χ2n) is 5.05. The Bertz CT molecular complexity index is 618. The van der Waals surface area contributed by atoms with Crippen molar-refractivity contribution in [2.75, 3.05) is 5.32 Å². The van der Waals surface area contributed by atoms with Gasteiger partial charge in [0.1, 0.15) is 17.2 Å². The van der Waals surface area contributed by atoms with Gasteiger partial charge in [-0.15, -0.1) is 0 Å². The van der Waals surface area contributed by atoms with Gasteiger partial charge in [-0.2, -0.15) is 0 Å². The number of rotatable bonds is 3. The summed E-state index contributed by atoms with van der Waals surface area (Å²) in [6, 6.07) is 8.12. The highest BCUT2D eigenvalue weighted by atomic mass is 16.3. The zero-order valence-corrected chi connectivity index (χ0v) is 11.8. The third kappa shape index (κ3) is 2.79. The maximum Gasteiger partial charge on any atom is 0.123 e. The number of hydrogen-bond acceptors (Lipinski definition) is 4. The fourth-order valence-electron chi connectivity index (χ4n) is 2.18. The number of hydrogen-bond donors (Lipinski definition) is 4. The maximum absolute atomic E-state index is 9.94. The lowest BCUT2D eigenvalue weighted by molar-refractivity contribution is 0.448. The summed E-state index contributed by atoms with van der Waals surface area (Å²) < 4.78 is 0. The molecular weight excluding hydrogens is 254 g/mol. The van der Waals surface area contributed by atoms with Gasteiger partial charge >= 0.3 is 0 Å². The molecule has 1 atom stereocenters. The molecule has 20 heavy (non-hydrogen) atoms. The Labute approximate surface area is 118 Å². The predicted octanol–water partition coefficient (Wildman–Crippen LogP) is 3.59. The first kappa shape index (κ1) is 14.1. The average Bonchev–Trinajstić information content (AvgIpc) is 2.38. The van der Waals surface area contributed by atoms with E-state index in [1.807, 2.05) is 32.9 Å². The number of phenols is 3. The summed E-state index contributed by atoms with van der Waals surface area (Å²) in [7, 11) is 0. The minimum Gasteiger partial charge on any atom is -0.508 e. The average molecular weight is 273 g/mol. The van der Waals surface area contributed by atoms with Crippen molar-refractivity contribution in [2.24, 2.45) is 0 Å². The molecule has 0 aliphatic rings. The van der Waals surface area contributed by atoms with Crippen LogP contribution in [0.4, 0.5) is 5.69 Å². The molecule has 4 N–H and O–H groups in total. The molecule has 1 unspecified atom stereocenters. The van der Waals surface area contributed by atoms with Crippen LogP contribution in [0.2, 0.25) is 0 Å².